The molecule has 0 unspecified atom stereocenters. The third-order valence-corrected chi connectivity index (χ3v) is 2.68. The number of ether oxygens (including phenoxy) is 1. The van der Waals surface area contributed by atoms with E-state index in [0.29, 0.717) is 0 Å². The standard InChI is InChI=1S/C17H12O6/c1-2-15(18)21-14-10-8-13(9-11-14)17(20)23-22-16(19)12-6-4-3-5-7-12/h2-11H,1H2. The van der Waals surface area contributed by atoms with Crippen molar-refractivity contribution < 1.29 is 28.9 Å². The fourth-order valence-electron chi connectivity index (χ4n) is 1.56. The van der Waals surface area contributed by atoms with Gasteiger partial charge >= 0.3 is 17.9 Å². The molecule has 0 saturated heterocycles. The molecular weight excluding hydrogens is 300 g/mol. The van der Waals surface area contributed by atoms with E-state index in [-0.39, 0.29) is 16.9 Å². The fourth-order valence-corrected chi connectivity index (χ4v) is 1.56. The largest absolute Gasteiger partial charge is 0.423 e. The minimum absolute atomic E-state index is 0.129. The first kappa shape index (κ1) is 16.0. The van der Waals surface area contributed by atoms with Crippen LogP contribution in [0.25, 0.3) is 0 Å². The van der Waals surface area contributed by atoms with E-state index >= 15 is 0 Å². The molecule has 0 spiro atoms. The molecule has 0 amide bonds. The van der Waals surface area contributed by atoms with Gasteiger partial charge in [-0.05, 0) is 36.4 Å². The molecule has 2 aromatic rings. The maximum atomic E-state index is 11.7. The summed E-state index contributed by atoms with van der Waals surface area (Å²) in [4.78, 5) is 43.3. The number of hydrogen-bond donors (Lipinski definition) is 0. The summed E-state index contributed by atoms with van der Waals surface area (Å²) in [6.07, 6.45) is 1.02. The second-order valence-corrected chi connectivity index (χ2v) is 4.26. The van der Waals surface area contributed by atoms with Crippen molar-refractivity contribution in [1.29, 1.82) is 0 Å². The van der Waals surface area contributed by atoms with Crippen molar-refractivity contribution in [2.45, 2.75) is 0 Å². The van der Waals surface area contributed by atoms with Gasteiger partial charge in [0.15, 0.2) is 0 Å². The maximum Gasteiger partial charge on any atom is 0.386 e. The van der Waals surface area contributed by atoms with Crippen LogP contribution in [0.1, 0.15) is 20.7 Å². The Balaban J connectivity index is 1.92. The quantitative estimate of drug-likeness (QED) is 0.284. The summed E-state index contributed by atoms with van der Waals surface area (Å²) in [5, 5.41) is 0. The first-order valence-electron chi connectivity index (χ1n) is 6.52. The summed E-state index contributed by atoms with van der Waals surface area (Å²) in [5.74, 6) is -2.00. The molecule has 6 heteroatoms. The van der Waals surface area contributed by atoms with E-state index in [4.69, 9.17) is 4.74 Å². The van der Waals surface area contributed by atoms with Crippen LogP contribution in [0.3, 0.4) is 0 Å². The van der Waals surface area contributed by atoms with Crippen LogP contribution in [-0.2, 0) is 14.6 Å². The summed E-state index contributed by atoms with van der Waals surface area (Å²) in [7, 11) is 0. The van der Waals surface area contributed by atoms with Crippen LogP contribution < -0.4 is 4.74 Å². The van der Waals surface area contributed by atoms with Crippen LogP contribution in [0, 0.1) is 0 Å². The van der Waals surface area contributed by atoms with Gasteiger partial charge in [0.25, 0.3) is 0 Å². The number of carbonyl (C=O) groups excluding carboxylic acids is 3. The lowest BCUT2D eigenvalue weighted by Gasteiger charge is -2.04. The van der Waals surface area contributed by atoms with Crippen LogP contribution in [0.15, 0.2) is 67.3 Å². The van der Waals surface area contributed by atoms with Crippen LogP contribution >= 0.6 is 0 Å². The molecule has 116 valence electrons. The van der Waals surface area contributed by atoms with E-state index in [1.807, 2.05) is 0 Å². The Morgan fingerprint density at radius 1 is 0.783 bits per heavy atom. The summed E-state index contributed by atoms with van der Waals surface area (Å²) in [6, 6.07) is 13.6. The molecule has 0 fully saturated rings. The molecule has 2 aromatic carbocycles. The predicted molar refractivity (Wildman–Crippen MR) is 79.5 cm³/mol. The molecular formula is C17H12O6. The molecule has 0 N–H and O–H groups in total. The number of hydrogen-bond acceptors (Lipinski definition) is 6. The second kappa shape index (κ2) is 7.56. The minimum Gasteiger partial charge on any atom is -0.423 e. The lowest BCUT2D eigenvalue weighted by atomic mass is 10.2. The fraction of sp³-hybridized carbons (Fsp3) is 0. The van der Waals surface area contributed by atoms with Crippen LogP contribution in [0.4, 0.5) is 0 Å². The molecule has 6 nitrogen and oxygen atoms in total. The third-order valence-electron chi connectivity index (χ3n) is 2.68. The normalized spacial score (nSPS) is 9.57. The lowest BCUT2D eigenvalue weighted by Crippen LogP contribution is -2.11. The van der Waals surface area contributed by atoms with E-state index in [9.17, 15) is 14.4 Å². The van der Waals surface area contributed by atoms with Gasteiger partial charge in [-0.3, -0.25) is 0 Å². The Bertz CT molecular complexity index is 719. The van der Waals surface area contributed by atoms with Crippen molar-refractivity contribution in [2.24, 2.45) is 0 Å². The highest BCUT2D eigenvalue weighted by molar-refractivity contribution is 5.92. The topological polar surface area (TPSA) is 78.9 Å². The molecule has 0 radical (unpaired) electrons. The Morgan fingerprint density at radius 2 is 1.30 bits per heavy atom. The molecule has 0 saturated carbocycles. The zero-order valence-corrected chi connectivity index (χ0v) is 11.9. The molecule has 0 aliphatic rings. The average molecular weight is 312 g/mol. The van der Waals surface area contributed by atoms with Gasteiger partial charge in [-0.15, -0.1) is 0 Å². The van der Waals surface area contributed by atoms with Crippen LogP contribution in [-0.4, -0.2) is 17.9 Å². The van der Waals surface area contributed by atoms with Gasteiger partial charge in [-0.1, -0.05) is 24.8 Å². The van der Waals surface area contributed by atoms with E-state index < -0.39 is 17.9 Å². The van der Waals surface area contributed by atoms with Crippen molar-refractivity contribution in [3.05, 3.63) is 78.4 Å². The van der Waals surface area contributed by atoms with E-state index in [0.717, 1.165) is 6.08 Å². The summed E-state index contributed by atoms with van der Waals surface area (Å²) in [5.41, 5.74) is 0.385. The van der Waals surface area contributed by atoms with Crippen molar-refractivity contribution in [1.82, 2.24) is 0 Å². The SMILES string of the molecule is C=CC(=O)Oc1ccc(C(=O)OOC(=O)c2ccccc2)cc1. The predicted octanol–water partition coefficient (Wildman–Crippen LogP) is 2.71. The molecule has 23 heavy (non-hydrogen) atoms. The molecule has 0 aromatic heterocycles. The Labute approximate surface area is 131 Å². The Kier molecular flexibility index (Phi) is 5.25. The van der Waals surface area contributed by atoms with E-state index in [1.165, 1.54) is 36.4 Å². The minimum atomic E-state index is -0.851. The van der Waals surface area contributed by atoms with Gasteiger partial charge in [-0.25, -0.2) is 24.2 Å². The van der Waals surface area contributed by atoms with Gasteiger partial charge < -0.3 is 4.74 Å². The number of benzene rings is 2. The Hall–Kier alpha value is -3.41. The number of esters is 1. The molecule has 0 bridgehead atoms. The number of rotatable bonds is 4. The van der Waals surface area contributed by atoms with Crippen molar-refractivity contribution >= 4 is 17.9 Å². The van der Waals surface area contributed by atoms with E-state index in [2.05, 4.69) is 16.4 Å². The van der Waals surface area contributed by atoms with Gasteiger partial charge in [0.05, 0.1) is 11.1 Å². The van der Waals surface area contributed by atoms with E-state index in [1.54, 1.807) is 18.2 Å². The maximum absolute atomic E-state index is 11.7. The van der Waals surface area contributed by atoms with Gasteiger partial charge in [0.1, 0.15) is 5.75 Å². The van der Waals surface area contributed by atoms with Gasteiger partial charge in [0, 0.05) is 6.08 Å². The lowest BCUT2D eigenvalue weighted by molar-refractivity contribution is -0.187. The molecule has 0 heterocycles. The smallest absolute Gasteiger partial charge is 0.386 e. The van der Waals surface area contributed by atoms with Crippen molar-refractivity contribution in [3.63, 3.8) is 0 Å². The highest BCUT2D eigenvalue weighted by Gasteiger charge is 2.14. The van der Waals surface area contributed by atoms with Crippen LogP contribution in [0.2, 0.25) is 0 Å². The monoisotopic (exact) mass is 312 g/mol. The van der Waals surface area contributed by atoms with Gasteiger partial charge in [-0.2, -0.15) is 0 Å². The summed E-state index contributed by atoms with van der Waals surface area (Å²) < 4.78 is 4.86. The van der Waals surface area contributed by atoms with Crippen LogP contribution in [0.5, 0.6) is 5.75 Å². The summed E-state index contributed by atoms with van der Waals surface area (Å²) >= 11 is 0. The first-order valence-corrected chi connectivity index (χ1v) is 6.52. The third kappa shape index (κ3) is 4.53. The first-order chi connectivity index (χ1) is 11.1. The van der Waals surface area contributed by atoms with Gasteiger partial charge in [0.2, 0.25) is 0 Å². The molecule has 0 atom stereocenters. The number of carbonyl (C=O) groups is 3. The Morgan fingerprint density at radius 3 is 1.83 bits per heavy atom. The highest BCUT2D eigenvalue weighted by Crippen LogP contribution is 2.13. The van der Waals surface area contributed by atoms with Crippen molar-refractivity contribution in [2.75, 3.05) is 0 Å². The zero-order valence-electron chi connectivity index (χ0n) is 11.9. The van der Waals surface area contributed by atoms with Crippen molar-refractivity contribution in [3.8, 4) is 5.75 Å². The zero-order chi connectivity index (χ0) is 16.7. The summed E-state index contributed by atoms with van der Waals surface area (Å²) in [6.45, 7) is 3.27. The second-order valence-electron chi connectivity index (χ2n) is 4.26. The highest BCUT2D eigenvalue weighted by atomic mass is 17.2. The molecule has 2 rings (SSSR count). The molecule has 0 aliphatic heterocycles. The molecule has 0 aliphatic carbocycles. The average Bonchev–Trinajstić information content (AvgIpc) is 2.60.